The third kappa shape index (κ3) is 2.35. The second-order valence-electron chi connectivity index (χ2n) is 5.13. The Kier molecular flexibility index (Phi) is 3.34. The molecule has 1 nitrogen and oxygen atoms in total. The Morgan fingerprint density at radius 3 is 2.35 bits per heavy atom. The third-order valence-corrected chi connectivity index (χ3v) is 3.56. The smallest absolute Gasteiger partial charge is 0.187 e. The van der Waals surface area contributed by atoms with Crippen molar-refractivity contribution in [1.29, 1.82) is 0 Å². The average molecular weight is 260 g/mol. The van der Waals surface area contributed by atoms with Crippen LogP contribution in [0.4, 0.5) is 0 Å². The van der Waals surface area contributed by atoms with E-state index in [0.717, 1.165) is 12.1 Å². The van der Waals surface area contributed by atoms with Gasteiger partial charge in [0.1, 0.15) is 0 Å². The zero-order valence-corrected chi connectivity index (χ0v) is 11.7. The van der Waals surface area contributed by atoms with Crippen LogP contribution in [-0.2, 0) is 6.54 Å². The van der Waals surface area contributed by atoms with E-state index in [-0.39, 0.29) is 0 Å². The second kappa shape index (κ2) is 5.30. The SMILES string of the molecule is C=C(C)c1ccc2ccccc2[n+]1Cc1ccccc1. The molecule has 0 saturated heterocycles. The van der Waals surface area contributed by atoms with Gasteiger partial charge in [0.25, 0.3) is 0 Å². The fourth-order valence-corrected chi connectivity index (χ4v) is 2.57. The molecule has 0 saturated carbocycles. The lowest BCUT2D eigenvalue weighted by molar-refractivity contribution is -0.664. The molecule has 3 aromatic rings. The Bertz CT molecular complexity index is 757. The van der Waals surface area contributed by atoms with E-state index in [1.54, 1.807) is 0 Å². The highest BCUT2D eigenvalue weighted by molar-refractivity contribution is 5.76. The van der Waals surface area contributed by atoms with Crippen molar-refractivity contribution >= 4 is 16.5 Å². The van der Waals surface area contributed by atoms with Crippen LogP contribution in [0.2, 0.25) is 0 Å². The number of pyridine rings is 1. The zero-order valence-electron chi connectivity index (χ0n) is 11.7. The molecule has 0 spiro atoms. The van der Waals surface area contributed by atoms with Crippen LogP contribution in [0.5, 0.6) is 0 Å². The number of hydrogen-bond acceptors (Lipinski definition) is 0. The minimum Gasteiger partial charge on any atom is -0.187 e. The van der Waals surface area contributed by atoms with Gasteiger partial charge in [-0.05, 0) is 19.1 Å². The molecule has 0 bridgehead atoms. The highest BCUT2D eigenvalue weighted by Gasteiger charge is 2.16. The molecule has 0 amide bonds. The van der Waals surface area contributed by atoms with Crippen molar-refractivity contribution in [2.45, 2.75) is 13.5 Å². The van der Waals surface area contributed by atoms with Gasteiger partial charge in [-0.25, -0.2) is 0 Å². The Hall–Kier alpha value is -2.41. The van der Waals surface area contributed by atoms with Crippen LogP contribution in [0.15, 0.2) is 73.3 Å². The molecule has 0 aliphatic carbocycles. The van der Waals surface area contributed by atoms with E-state index in [1.165, 1.54) is 22.2 Å². The predicted octanol–water partition coefficient (Wildman–Crippen LogP) is 4.21. The Labute approximate surface area is 119 Å². The summed E-state index contributed by atoms with van der Waals surface area (Å²) in [5.41, 5.74) is 4.83. The highest BCUT2D eigenvalue weighted by atomic mass is 15.0. The van der Waals surface area contributed by atoms with Crippen molar-refractivity contribution in [3.05, 3.63) is 84.6 Å². The quantitative estimate of drug-likeness (QED) is 0.621. The topological polar surface area (TPSA) is 3.88 Å². The summed E-state index contributed by atoms with van der Waals surface area (Å²) in [6.07, 6.45) is 0. The fourth-order valence-electron chi connectivity index (χ4n) is 2.57. The summed E-state index contributed by atoms with van der Waals surface area (Å²) in [5, 5.41) is 1.26. The molecule has 98 valence electrons. The molecule has 1 heterocycles. The van der Waals surface area contributed by atoms with Crippen LogP contribution in [0.25, 0.3) is 16.5 Å². The first kappa shape index (κ1) is 12.6. The van der Waals surface area contributed by atoms with Crippen molar-refractivity contribution in [2.24, 2.45) is 0 Å². The summed E-state index contributed by atoms with van der Waals surface area (Å²) >= 11 is 0. The Morgan fingerprint density at radius 1 is 0.900 bits per heavy atom. The van der Waals surface area contributed by atoms with E-state index in [1.807, 2.05) is 0 Å². The Morgan fingerprint density at radius 2 is 1.60 bits per heavy atom. The molecule has 0 aliphatic rings. The molecule has 3 rings (SSSR count). The van der Waals surface area contributed by atoms with Crippen LogP contribution in [0, 0.1) is 0 Å². The molecular weight excluding hydrogens is 242 g/mol. The first-order valence-electron chi connectivity index (χ1n) is 6.87. The largest absolute Gasteiger partial charge is 0.213 e. The molecule has 1 heteroatoms. The van der Waals surface area contributed by atoms with Gasteiger partial charge in [0.05, 0.1) is 0 Å². The van der Waals surface area contributed by atoms with Crippen LogP contribution in [0.1, 0.15) is 18.2 Å². The third-order valence-electron chi connectivity index (χ3n) is 3.56. The molecule has 2 aromatic carbocycles. The number of para-hydroxylation sites is 1. The number of benzene rings is 2. The van der Waals surface area contributed by atoms with Crippen LogP contribution >= 0.6 is 0 Å². The fraction of sp³-hybridized carbons (Fsp3) is 0.105. The summed E-state index contributed by atoms with van der Waals surface area (Å²) in [6.45, 7) is 7.04. The van der Waals surface area contributed by atoms with Gasteiger partial charge in [-0.2, -0.15) is 4.57 Å². The summed E-state index contributed by atoms with van der Waals surface area (Å²) in [4.78, 5) is 0. The van der Waals surface area contributed by atoms with Gasteiger partial charge in [-0.15, -0.1) is 0 Å². The molecule has 0 radical (unpaired) electrons. The highest BCUT2D eigenvalue weighted by Crippen LogP contribution is 2.15. The molecule has 0 N–H and O–H groups in total. The molecule has 0 aliphatic heterocycles. The van der Waals surface area contributed by atoms with Crippen LogP contribution in [0.3, 0.4) is 0 Å². The molecule has 0 atom stereocenters. The maximum Gasteiger partial charge on any atom is 0.213 e. The molecule has 1 aromatic heterocycles. The van der Waals surface area contributed by atoms with Gasteiger partial charge in [0.2, 0.25) is 11.2 Å². The second-order valence-corrected chi connectivity index (χ2v) is 5.13. The minimum absolute atomic E-state index is 0.865. The molecule has 0 fully saturated rings. The van der Waals surface area contributed by atoms with Gasteiger partial charge < -0.3 is 0 Å². The van der Waals surface area contributed by atoms with Crippen LogP contribution < -0.4 is 4.57 Å². The number of allylic oxidation sites excluding steroid dienone is 1. The summed E-state index contributed by atoms with van der Waals surface area (Å²) < 4.78 is 2.34. The van der Waals surface area contributed by atoms with E-state index < -0.39 is 0 Å². The number of aromatic nitrogens is 1. The van der Waals surface area contributed by atoms with Gasteiger partial charge in [-0.1, -0.05) is 49.0 Å². The molecule has 0 unspecified atom stereocenters. The van der Waals surface area contributed by atoms with E-state index in [4.69, 9.17) is 0 Å². The Balaban J connectivity index is 2.20. The standard InChI is InChI=1S/C19H18N/c1-15(2)18-13-12-17-10-6-7-11-19(17)20(18)14-16-8-4-3-5-9-16/h3-13H,1,14H2,2H3/q+1. The van der Waals surface area contributed by atoms with E-state index in [2.05, 4.69) is 84.8 Å². The first-order chi connectivity index (χ1) is 9.75. The number of fused-ring (bicyclic) bond motifs is 1. The summed E-state index contributed by atoms with van der Waals surface area (Å²) in [5.74, 6) is 0. The van der Waals surface area contributed by atoms with Gasteiger partial charge in [-0.3, -0.25) is 0 Å². The molecule has 20 heavy (non-hydrogen) atoms. The number of nitrogens with zero attached hydrogens (tertiary/aromatic N) is 1. The van der Waals surface area contributed by atoms with Crippen LogP contribution in [-0.4, -0.2) is 0 Å². The number of rotatable bonds is 3. The van der Waals surface area contributed by atoms with Crippen molar-refractivity contribution in [3.63, 3.8) is 0 Å². The summed E-state index contributed by atoms with van der Waals surface area (Å²) in [6, 6.07) is 23.4. The maximum absolute atomic E-state index is 4.11. The normalized spacial score (nSPS) is 10.7. The number of hydrogen-bond donors (Lipinski definition) is 0. The van der Waals surface area contributed by atoms with Crippen molar-refractivity contribution < 1.29 is 4.57 Å². The lowest BCUT2D eigenvalue weighted by atomic mass is 10.1. The van der Waals surface area contributed by atoms with Gasteiger partial charge in [0.15, 0.2) is 6.54 Å². The monoisotopic (exact) mass is 260 g/mol. The summed E-state index contributed by atoms with van der Waals surface area (Å²) in [7, 11) is 0. The lowest BCUT2D eigenvalue weighted by Crippen LogP contribution is -2.39. The van der Waals surface area contributed by atoms with Crippen molar-refractivity contribution in [2.75, 3.05) is 0 Å². The van der Waals surface area contributed by atoms with Crippen molar-refractivity contribution in [1.82, 2.24) is 0 Å². The minimum atomic E-state index is 0.865. The molecular formula is C19H18N+. The average Bonchev–Trinajstić information content (AvgIpc) is 2.48. The lowest BCUT2D eigenvalue weighted by Gasteiger charge is -2.07. The van der Waals surface area contributed by atoms with Gasteiger partial charge >= 0.3 is 0 Å². The van der Waals surface area contributed by atoms with E-state index in [0.29, 0.717) is 0 Å². The predicted molar refractivity (Wildman–Crippen MR) is 84.4 cm³/mol. The first-order valence-corrected chi connectivity index (χ1v) is 6.87. The van der Waals surface area contributed by atoms with E-state index in [9.17, 15) is 0 Å². The van der Waals surface area contributed by atoms with Gasteiger partial charge in [0, 0.05) is 28.7 Å². The van der Waals surface area contributed by atoms with Crippen molar-refractivity contribution in [3.8, 4) is 0 Å². The zero-order chi connectivity index (χ0) is 13.9. The maximum atomic E-state index is 4.11. The van der Waals surface area contributed by atoms with E-state index >= 15 is 0 Å².